The maximum Gasteiger partial charge on any atom is 0.103 e. The van der Waals surface area contributed by atoms with E-state index in [9.17, 15) is 0 Å². The van der Waals surface area contributed by atoms with Crippen LogP contribution < -0.4 is 5.73 Å². The summed E-state index contributed by atoms with van der Waals surface area (Å²) in [5.74, 6) is 1.67. The van der Waals surface area contributed by atoms with Crippen LogP contribution in [0.5, 0.6) is 0 Å². The molecule has 78 valence electrons. The van der Waals surface area contributed by atoms with Crippen LogP contribution in [0.1, 0.15) is 55.2 Å². The van der Waals surface area contributed by atoms with E-state index in [1.54, 1.807) is 0 Å². The second-order valence-corrected chi connectivity index (χ2v) is 4.23. The zero-order valence-corrected chi connectivity index (χ0v) is 8.84. The lowest BCUT2D eigenvalue weighted by Gasteiger charge is -2.20. The quantitative estimate of drug-likeness (QED) is 0.756. The van der Waals surface area contributed by atoms with Crippen molar-refractivity contribution in [2.75, 3.05) is 0 Å². The van der Waals surface area contributed by atoms with E-state index < -0.39 is 0 Å². The van der Waals surface area contributed by atoms with Gasteiger partial charge in [-0.1, -0.05) is 19.3 Å². The van der Waals surface area contributed by atoms with Gasteiger partial charge in [0, 0.05) is 12.5 Å². The third-order valence-electron chi connectivity index (χ3n) is 3.13. The number of hydrogen-bond acceptors (Lipinski definition) is 2. The van der Waals surface area contributed by atoms with Crippen LogP contribution in [0.2, 0.25) is 0 Å². The lowest BCUT2D eigenvalue weighted by atomic mass is 9.86. The van der Waals surface area contributed by atoms with Crippen LogP contribution in [0.25, 0.3) is 0 Å². The highest BCUT2D eigenvalue weighted by Gasteiger charge is 2.20. The Hall–Kier alpha value is -0.830. The number of imidazole rings is 1. The highest BCUT2D eigenvalue weighted by atomic mass is 14.9. The highest BCUT2D eigenvalue weighted by Crippen LogP contribution is 2.33. The summed E-state index contributed by atoms with van der Waals surface area (Å²) in [5.41, 5.74) is 8.09. The van der Waals surface area contributed by atoms with Crippen LogP contribution in [0.15, 0.2) is 0 Å². The molecule has 1 aromatic heterocycles. The molecule has 1 aliphatic carbocycles. The minimum absolute atomic E-state index is 0.590. The molecule has 0 spiro atoms. The van der Waals surface area contributed by atoms with Crippen LogP contribution in [0, 0.1) is 6.92 Å². The Labute approximate surface area is 85.1 Å². The van der Waals surface area contributed by atoms with Crippen LogP contribution in [0.4, 0.5) is 0 Å². The Morgan fingerprint density at radius 2 is 2.07 bits per heavy atom. The zero-order valence-electron chi connectivity index (χ0n) is 8.84. The Morgan fingerprint density at radius 3 is 2.71 bits per heavy atom. The third-order valence-corrected chi connectivity index (χ3v) is 3.13. The summed E-state index contributed by atoms with van der Waals surface area (Å²) in [6, 6.07) is 0. The lowest BCUT2D eigenvalue weighted by molar-refractivity contribution is 0.435. The third kappa shape index (κ3) is 1.82. The number of nitrogens with two attached hydrogens (primary N) is 1. The van der Waals surface area contributed by atoms with Crippen LogP contribution in [-0.2, 0) is 6.54 Å². The van der Waals surface area contributed by atoms with E-state index in [2.05, 4.69) is 9.97 Å². The van der Waals surface area contributed by atoms with Gasteiger partial charge >= 0.3 is 0 Å². The average molecular weight is 193 g/mol. The van der Waals surface area contributed by atoms with E-state index in [0.717, 1.165) is 11.5 Å². The van der Waals surface area contributed by atoms with Gasteiger partial charge in [-0.2, -0.15) is 0 Å². The first-order valence-electron chi connectivity index (χ1n) is 5.56. The number of hydrogen-bond donors (Lipinski definition) is 2. The fourth-order valence-electron chi connectivity index (χ4n) is 2.43. The van der Waals surface area contributed by atoms with Gasteiger partial charge in [-0.05, 0) is 19.8 Å². The highest BCUT2D eigenvalue weighted by molar-refractivity contribution is 5.19. The monoisotopic (exact) mass is 193 g/mol. The molecule has 0 bridgehead atoms. The van der Waals surface area contributed by atoms with Gasteiger partial charge in [0.25, 0.3) is 0 Å². The van der Waals surface area contributed by atoms with Crippen molar-refractivity contribution in [3.05, 3.63) is 17.2 Å². The molecule has 0 saturated heterocycles. The normalized spacial score (nSPS) is 18.7. The number of nitrogens with one attached hydrogen (secondary N) is 1. The van der Waals surface area contributed by atoms with Gasteiger partial charge < -0.3 is 10.7 Å². The molecule has 14 heavy (non-hydrogen) atoms. The SMILES string of the molecule is Cc1nc(C2CCCCC2)c(CN)[nH]1. The van der Waals surface area contributed by atoms with Crippen molar-refractivity contribution in [2.24, 2.45) is 5.73 Å². The lowest BCUT2D eigenvalue weighted by Crippen LogP contribution is -2.09. The molecule has 3 heteroatoms. The van der Waals surface area contributed by atoms with Gasteiger partial charge in [-0.15, -0.1) is 0 Å². The Kier molecular flexibility index (Phi) is 2.87. The molecule has 2 rings (SSSR count). The number of aromatic amines is 1. The standard InChI is InChI=1S/C11H19N3/c1-8-13-10(7-12)11(14-8)9-5-3-2-4-6-9/h9H,2-7,12H2,1H3,(H,13,14). The molecule has 0 unspecified atom stereocenters. The number of nitrogens with zero attached hydrogens (tertiary/aromatic N) is 1. The molecule has 3 N–H and O–H groups in total. The summed E-state index contributed by atoms with van der Waals surface area (Å²) >= 11 is 0. The number of H-pyrrole nitrogens is 1. The molecule has 0 atom stereocenters. The molecule has 0 amide bonds. The first-order chi connectivity index (χ1) is 6.81. The average Bonchev–Trinajstić information content (AvgIpc) is 2.61. The second kappa shape index (κ2) is 4.13. The van der Waals surface area contributed by atoms with Gasteiger partial charge in [0.15, 0.2) is 0 Å². The van der Waals surface area contributed by atoms with E-state index in [0.29, 0.717) is 12.5 Å². The molecule has 1 aliphatic rings. The van der Waals surface area contributed by atoms with Crippen LogP contribution in [-0.4, -0.2) is 9.97 Å². The maximum absolute atomic E-state index is 5.70. The Morgan fingerprint density at radius 1 is 1.36 bits per heavy atom. The summed E-state index contributed by atoms with van der Waals surface area (Å²) in [6.07, 6.45) is 6.66. The second-order valence-electron chi connectivity index (χ2n) is 4.23. The van der Waals surface area contributed by atoms with Crippen molar-refractivity contribution in [3.63, 3.8) is 0 Å². The van der Waals surface area contributed by atoms with E-state index in [4.69, 9.17) is 5.73 Å². The van der Waals surface area contributed by atoms with E-state index >= 15 is 0 Å². The fourth-order valence-corrected chi connectivity index (χ4v) is 2.43. The minimum atomic E-state index is 0.590. The van der Waals surface area contributed by atoms with Gasteiger partial charge in [0.05, 0.1) is 11.4 Å². The van der Waals surface area contributed by atoms with E-state index in [1.807, 2.05) is 6.92 Å². The molecule has 1 aromatic rings. The first kappa shape index (κ1) is 9.71. The molecule has 0 aliphatic heterocycles. The van der Waals surface area contributed by atoms with Gasteiger partial charge in [-0.3, -0.25) is 0 Å². The number of aromatic nitrogens is 2. The predicted octanol–water partition coefficient (Wildman–Crippen LogP) is 2.22. The van der Waals surface area contributed by atoms with Gasteiger partial charge in [0.2, 0.25) is 0 Å². The van der Waals surface area contributed by atoms with Crippen molar-refractivity contribution >= 4 is 0 Å². The largest absolute Gasteiger partial charge is 0.345 e. The topological polar surface area (TPSA) is 54.7 Å². The molecular formula is C11H19N3. The Balaban J connectivity index is 2.20. The minimum Gasteiger partial charge on any atom is -0.345 e. The summed E-state index contributed by atoms with van der Waals surface area (Å²) in [7, 11) is 0. The Bertz CT molecular complexity index is 297. The number of aryl methyl sites for hydroxylation is 1. The van der Waals surface area contributed by atoms with Gasteiger partial charge in [0.1, 0.15) is 5.82 Å². The fraction of sp³-hybridized carbons (Fsp3) is 0.727. The van der Waals surface area contributed by atoms with E-state index in [1.165, 1.54) is 37.8 Å². The molecular weight excluding hydrogens is 174 g/mol. The maximum atomic E-state index is 5.70. The van der Waals surface area contributed by atoms with Crippen molar-refractivity contribution in [2.45, 2.75) is 51.5 Å². The van der Waals surface area contributed by atoms with Crippen LogP contribution >= 0.6 is 0 Å². The summed E-state index contributed by atoms with van der Waals surface area (Å²) in [6.45, 7) is 2.60. The summed E-state index contributed by atoms with van der Waals surface area (Å²) in [5, 5.41) is 0. The zero-order chi connectivity index (χ0) is 9.97. The molecule has 0 aromatic carbocycles. The van der Waals surface area contributed by atoms with Crippen molar-refractivity contribution in [1.29, 1.82) is 0 Å². The summed E-state index contributed by atoms with van der Waals surface area (Å²) in [4.78, 5) is 7.83. The molecule has 0 radical (unpaired) electrons. The summed E-state index contributed by atoms with van der Waals surface area (Å²) < 4.78 is 0. The number of rotatable bonds is 2. The van der Waals surface area contributed by atoms with E-state index in [-0.39, 0.29) is 0 Å². The van der Waals surface area contributed by atoms with Crippen LogP contribution in [0.3, 0.4) is 0 Å². The van der Waals surface area contributed by atoms with Gasteiger partial charge in [-0.25, -0.2) is 4.98 Å². The molecule has 1 fully saturated rings. The van der Waals surface area contributed by atoms with Crippen molar-refractivity contribution < 1.29 is 0 Å². The molecule has 1 saturated carbocycles. The van der Waals surface area contributed by atoms with Crippen molar-refractivity contribution in [1.82, 2.24) is 9.97 Å². The van der Waals surface area contributed by atoms with Crippen molar-refractivity contribution in [3.8, 4) is 0 Å². The first-order valence-corrected chi connectivity index (χ1v) is 5.56. The predicted molar refractivity (Wildman–Crippen MR) is 57.0 cm³/mol. The smallest absolute Gasteiger partial charge is 0.103 e. The molecule has 3 nitrogen and oxygen atoms in total. The molecule has 1 heterocycles.